The Morgan fingerprint density at radius 1 is 1.04 bits per heavy atom. The first-order chi connectivity index (χ1) is 11.0. The maximum Gasteiger partial charge on any atom is 0.336 e. The van der Waals surface area contributed by atoms with Crippen molar-refractivity contribution in [3.63, 3.8) is 0 Å². The Bertz CT molecular complexity index is 896. The molecule has 0 bridgehead atoms. The van der Waals surface area contributed by atoms with Gasteiger partial charge >= 0.3 is 5.97 Å². The molecular weight excluding hydrogens is 286 g/mol. The van der Waals surface area contributed by atoms with Crippen LogP contribution in [0.1, 0.15) is 34.0 Å². The average molecular weight is 305 g/mol. The second-order valence-electron chi connectivity index (χ2n) is 5.83. The standard InChI is InChI=1S/C20H19NO2/c1-4-14-7-9-15(10-8-14)17-11-16(20(22)23)18-12(2)5-6-13(3)19(18)21-17/h5-11H,4H2,1-3H3,(H,22,23). The number of pyridine rings is 1. The zero-order valence-corrected chi connectivity index (χ0v) is 13.6. The lowest BCUT2D eigenvalue weighted by Crippen LogP contribution is -2.02. The monoisotopic (exact) mass is 305 g/mol. The summed E-state index contributed by atoms with van der Waals surface area (Å²) in [6.45, 7) is 5.99. The van der Waals surface area contributed by atoms with Crippen molar-refractivity contribution in [3.05, 3.63) is 64.7 Å². The van der Waals surface area contributed by atoms with Gasteiger partial charge in [0.1, 0.15) is 0 Å². The fourth-order valence-electron chi connectivity index (χ4n) is 2.87. The molecule has 0 aliphatic carbocycles. The molecule has 0 saturated carbocycles. The molecule has 0 spiro atoms. The highest BCUT2D eigenvalue weighted by molar-refractivity contribution is 6.05. The number of aromatic nitrogens is 1. The SMILES string of the molecule is CCc1ccc(-c2cc(C(=O)O)c3c(C)ccc(C)c3n2)cc1. The van der Waals surface area contributed by atoms with Gasteiger partial charge in [-0.05, 0) is 43.0 Å². The number of carboxylic acid groups (broad SMARTS) is 1. The lowest BCUT2D eigenvalue weighted by atomic mass is 9.98. The number of nitrogens with zero attached hydrogens (tertiary/aromatic N) is 1. The largest absolute Gasteiger partial charge is 0.478 e. The molecular formula is C20H19NO2. The van der Waals surface area contributed by atoms with E-state index in [1.54, 1.807) is 6.07 Å². The first kappa shape index (κ1) is 15.2. The molecule has 0 unspecified atom stereocenters. The fraction of sp³-hybridized carbons (Fsp3) is 0.200. The van der Waals surface area contributed by atoms with E-state index in [1.807, 2.05) is 38.1 Å². The minimum Gasteiger partial charge on any atom is -0.478 e. The molecule has 1 heterocycles. The number of hydrogen-bond acceptors (Lipinski definition) is 2. The number of carbonyl (C=O) groups is 1. The molecule has 3 rings (SSSR count). The summed E-state index contributed by atoms with van der Waals surface area (Å²) in [7, 11) is 0. The third-order valence-corrected chi connectivity index (χ3v) is 4.26. The molecule has 0 aliphatic heterocycles. The summed E-state index contributed by atoms with van der Waals surface area (Å²) in [6.07, 6.45) is 0.976. The summed E-state index contributed by atoms with van der Waals surface area (Å²) < 4.78 is 0. The van der Waals surface area contributed by atoms with Crippen LogP contribution < -0.4 is 0 Å². The second-order valence-corrected chi connectivity index (χ2v) is 5.83. The van der Waals surface area contributed by atoms with Crippen molar-refractivity contribution < 1.29 is 9.90 Å². The summed E-state index contributed by atoms with van der Waals surface area (Å²) >= 11 is 0. The Hall–Kier alpha value is -2.68. The van der Waals surface area contributed by atoms with Crippen molar-refractivity contribution in [2.45, 2.75) is 27.2 Å². The Morgan fingerprint density at radius 3 is 2.30 bits per heavy atom. The van der Waals surface area contributed by atoms with Gasteiger partial charge in [0.05, 0.1) is 16.8 Å². The van der Waals surface area contributed by atoms with Crippen LogP contribution in [0.15, 0.2) is 42.5 Å². The Kier molecular flexibility index (Phi) is 3.87. The van der Waals surface area contributed by atoms with E-state index in [1.165, 1.54) is 5.56 Å². The normalized spacial score (nSPS) is 10.9. The Labute approximate surface area is 135 Å². The smallest absolute Gasteiger partial charge is 0.336 e. The van der Waals surface area contributed by atoms with E-state index >= 15 is 0 Å². The number of carboxylic acids is 1. The molecule has 0 aliphatic rings. The van der Waals surface area contributed by atoms with Crippen molar-refractivity contribution in [1.29, 1.82) is 0 Å². The summed E-state index contributed by atoms with van der Waals surface area (Å²) in [6, 6.07) is 13.7. The van der Waals surface area contributed by atoms with E-state index in [0.29, 0.717) is 11.3 Å². The summed E-state index contributed by atoms with van der Waals surface area (Å²) in [5.74, 6) is -0.919. The van der Waals surface area contributed by atoms with E-state index in [2.05, 4.69) is 19.1 Å². The highest BCUT2D eigenvalue weighted by atomic mass is 16.4. The molecule has 2 aromatic carbocycles. The van der Waals surface area contributed by atoms with Gasteiger partial charge in [-0.3, -0.25) is 0 Å². The molecule has 3 nitrogen and oxygen atoms in total. The third kappa shape index (κ3) is 2.70. The summed E-state index contributed by atoms with van der Waals surface area (Å²) in [5, 5.41) is 10.4. The number of aromatic carboxylic acids is 1. The van der Waals surface area contributed by atoms with Crippen molar-refractivity contribution >= 4 is 16.9 Å². The summed E-state index contributed by atoms with van der Waals surface area (Å²) in [5.41, 5.74) is 5.88. The number of aryl methyl sites for hydroxylation is 3. The van der Waals surface area contributed by atoms with Crippen LogP contribution in [-0.4, -0.2) is 16.1 Å². The van der Waals surface area contributed by atoms with Gasteiger partial charge < -0.3 is 5.11 Å². The van der Waals surface area contributed by atoms with E-state index < -0.39 is 5.97 Å². The van der Waals surface area contributed by atoms with Gasteiger partial charge in [0.15, 0.2) is 0 Å². The van der Waals surface area contributed by atoms with Gasteiger partial charge in [0.2, 0.25) is 0 Å². The predicted molar refractivity (Wildman–Crippen MR) is 93.0 cm³/mol. The second kappa shape index (κ2) is 5.84. The van der Waals surface area contributed by atoms with Crippen LogP contribution in [0.5, 0.6) is 0 Å². The number of hydrogen-bond donors (Lipinski definition) is 1. The van der Waals surface area contributed by atoms with Crippen LogP contribution in [0, 0.1) is 13.8 Å². The van der Waals surface area contributed by atoms with Gasteiger partial charge in [-0.15, -0.1) is 0 Å². The van der Waals surface area contributed by atoms with Crippen LogP contribution >= 0.6 is 0 Å². The molecule has 0 radical (unpaired) electrons. The van der Waals surface area contributed by atoms with Crippen LogP contribution in [-0.2, 0) is 6.42 Å². The molecule has 0 saturated heterocycles. The zero-order valence-electron chi connectivity index (χ0n) is 13.6. The first-order valence-corrected chi connectivity index (χ1v) is 7.75. The maximum absolute atomic E-state index is 11.7. The van der Waals surface area contributed by atoms with E-state index in [4.69, 9.17) is 4.98 Å². The third-order valence-electron chi connectivity index (χ3n) is 4.26. The first-order valence-electron chi connectivity index (χ1n) is 7.75. The van der Waals surface area contributed by atoms with E-state index in [0.717, 1.165) is 34.0 Å². The van der Waals surface area contributed by atoms with Gasteiger partial charge in [-0.25, -0.2) is 9.78 Å². The van der Waals surface area contributed by atoms with Crippen LogP contribution in [0.4, 0.5) is 0 Å². The number of benzene rings is 2. The Balaban J connectivity index is 2.30. The quantitative estimate of drug-likeness (QED) is 0.757. The van der Waals surface area contributed by atoms with Crippen LogP contribution in [0.2, 0.25) is 0 Å². The van der Waals surface area contributed by atoms with Crippen molar-refractivity contribution in [2.75, 3.05) is 0 Å². The topological polar surface area (TPSA) is 50.2 Å². The lowest BCUT2D eigenvalue weighted by molar-refractivity contribution is 0.0699. The van der Waals surface area contributed by atoms with E-state index in [-0.39, 0.29) is 0 Å². The molecule has 3 aromatic rings. The molecule has 1 aromatic heterocycles. The zero-order chi connectivity index (χ0) is 16.6. The van der Waals surface area contributed by atoms with Gasteiger partial charge in [-0.1, -0.05) is 43.3 Å². The summed E-state index contributed by atoms with van der Waals surface area (Å²) in [4.78, 5) is 16.5. The van der Waals surface area contributed by atoms with Gasteiger partial charge in [0.25, 0.3) is 0 Å². The minimum absolute atomic E-state index is 0.311. The predicted octanol–water partition coefficient (Wildman–Crippen LogP) is 4.78. The highest BCUT2D eigenvalue weighted by Crippen LogP contribution is 2.29. The maximum atomic E-state index is 11.7. The highest BCUT2D eigenvalue weighted by Gasteiger charge is 2.16. The lowest BCUT2D eigenvalue weighted by Gasteiger charge is -2.11. The van der Waals surface area contributed by atoms with Gasteiger partial charge in [0, 0.05) is 10.9 Å². The molecule has 0 amide bonds. The molecule has 23 heavy (non-hydrogen) atoms. The average Bonchev–Trinajstić information content (AvgIpc) is 2.57. The van der Waals surface area contributed by atoms with Crippen molar-refractivity contribution in [3.8, 4) is 11.3 Å². The number of rotatable bonds is 3. The molecule has 0 atom stereocenters. The Morgan fingerprint density at radius 2 is 1.70 bits per heavy atom. The van der Waals surface area contributed by atoms with E-state index in [9.17, 15) is 9.90 Å². The van der Waals surface area contributed by atoms with Crippen molar-refractivity contribution in [2.24, 2.45) is 0 Å². The molecule has 3 heteroatoms. The molecule has 1 N–H and O–H groups in total. The molecule has 116 valence electrons. The molecule has 0 fully saturated rings. The minimum atomic E-state index is -0.919. The van der Waals surface area contributed by atoms with Crippen molar-refractivity contribution in [1.82, 2.24) is 4.98 Å². The number of fused-ring (bicyclic) bond motifs is 1. The fourth-order valence-corrected chi connectivity index (χ4v) is 2.87. The van der Waals surface area contributed by atoms with Crippen LogP contribution in [0.3, 0.4) is 0 Å². The van der Waals surface area contributed by atoms with Gasteiger partial charge in [-0.2, -0.15) is 0 Å². The van der Waals surface area contributed by atoms with Crippen LogP contribution in [0.25, 0.3) is 22.2 Å².